The van der Waals surface area contributed by atoms with Crippen molar-refractivity contribution < 1.29 is 0 Å². The average molecular weight is 709 g/mol. The summed E-state index contributed by atoms with van der Waals surface area (Å²) in [5, 5.41) is 0. The number of unbranched alkanes of at least 4 members (excludes halogenated alkanes) is 12. The van der Waals surface area contributed by atoms with Crippen LogP contribution in [0.25, 0.3) is 0 Å². The number of H-pyrrole nitrogens is 4. The molecule has 0 aromatic carbocycles. The van der Waals surface area contributed by atoms with Gasteiger partial charge in [-0.1, -0.05) is 130 Å². The Morgan fingerprint density at radius 3 is 0.615 bits per heavy atom. The molecular formula is C48H76N4. The highest BCUT2D eigenvalue weighted by molar-refractivity contribution is 5.44. The summed E-state index contributed by atoms with van der Waals surface area (Å²) in [7, 11) is 0. The molecule has 52 heavy (non-hydrogen) atoms. The number of aromatic nitrogens is 4. The summed E-state index contributed by atoms with van der Waals surface area (Å²) in [6, 6.07) is 19.4. The van der Waals surface area contributed by atoms with Gasteiger partial charge < -0.3 is 19.9 Å². The second-order valence-electron chi connectivity index (χ2n) is 17.7. The van der Waals surface area contributed by atoms with Crippen LogP contribution in [0.1, 0.15) is 229 Å². The van der Waals surface area contributed by atoms with Crippen molar-refractivity contribution in [2.24, 2.45) is 0 Å². The Kier molecular flexibility index (Phi) is 13.9. The highest BCUT2D eigenvalue weighted by Gasteiger charge is 2.41. The molecule has 0 saturated carbocycles. The van der Waals surface area contributed by atoms with E-state index in [0.717, 1.165) is 25.7 Å². The first-order valence-electron chi connectivity index (χ1n) is 21.9. The van der Waals surface area contributed by atoms with E-state index in [1.165, 1.54) is 148 Å². The topological polar surface area (TPSA) is 63.2 Å². The van der Waals surface area contributed by atoms with Crippen LogP contribution in [0.4, 0.5) is 0 Å². The lowest BCUT2D eigenvalue weighted by Gasteiger charge is -2.33. The predicted octanol–water partition coefficient (Wildman–Crippen LogP) is 14.4. The summed E-state index contributed by atoms with van der Waals surface area (Å²) in [6.45, 7) is 19.2. The van der Waals surface area contributed by atoms with Crippen LogP contribution in [0.2, 0.25) is 0 Å². The zero-order valence-corrected chi connectivity index (χ0v) is 34.8. The molecule has 0 amide bonds. The van der Waals surface area contributed by atoms with Crippen molar-refractivity contribution in [2.45, 2.75) is 205 Å². The number of fused-ring (bicyclic) bond motifs is 8. The number of rotatable bonds is 20. The monoisotopic (exact) mass is 709 g/mol. The molecule has 1 aliphatic rings. The van der Waals surface area contributed by atoms with Gasteiger partial charge in [-0.05, 0) is 102 Å². The standard InChI is InChI=1S/C48H76N4/c1-9-13-17-21-33-45(5)37-25-27-39(49-37)46(6,34-22-18-14-10-2)41-29-31-43(51-41)48(8,36-24-20-16-12-4)44-32-30-42(52-44)47(7,35-23-19-15-11-3)40-28-26-38(45)50-40/h25-32,49-52H,9-24,33-36H2,1-8H3. The smallest absolute Gasteiger partial charge is 0.0475 e. The van der Waals surface area contributed by atoms with E-state index in [0.29, 0.717) is 0 Å². The van der Waals surface area contributed by atoms with E-state index in [1.807, 2.05) is 0 Å². The van der Waals surface area contributed by atoms with E-state index in [1.54, 1.807) is 0 Å². The van der Waals surface area contributed by atoms with Crippen molar-refractivity contribution in [1.82, 2.24) is 19.9 Å². The third kappa shape index (κ3) is 8.42. The molecule has 1 aliphatic heterocycles. The van der Waals surface area contributed by atoms with Crippen molar-refractivity contribution in [1.29, 1.82) is 0 Å². The fourth-order valence-electron chi connectivity index (χ4n) is 9.43. The molecule has 8 bridgehead atoms. The van der Waals surface area contributed by atoms with Crippen molar-refractivity contribution in [2.75, 3.05) is 0 Å². The Labute approximate surface area is 318 Å². The molecule has 0 saturated heterocycles. The third-order valence-corrected chi connectivity index (χ3v) is 13.6. The Hall–Kier alpha value is -2.88. The van der Waals surface area contributed by atoms with Crippen LogP contribution in [0.15, 0.2) is 48.5 Å². The fraction of sp³-hybridized carbons (Fsp3) is 0.667. The molecule has 0 radical (unpaired) electrons. The maximum absolute atomic E-state index is 4.15. The molecule has 0 spiro atoms. The van der Waals surface area contributed by atoms with Gasteiger partial charge in [0, 0.05) is 67.2 Å². The highest BCUT2D eigenvalue weighted by Crippen LogP contribution is 2.46. The number of hydrogen-bond donors (Lipinski definition) is 4. The minimum Gasteiger partial charge on any atom is -0.361 e. The second kappa shape index (κ2) is 18.0. The van der Waals surface area contributed by atoms with Crippen LogP contribution in [0.5, 0.6) is 0 Å². The number of hydrogen-bond acceptors (Lipinski definition) is 0. The first-order valence-corrected chi connectivity index (χ1v) is 21.9. The van der Waals surface area contributed by atoms with E-state index in [4.69, 9.17) is 0 Å². The van der Waals surface area contributed by atoms with Gasteiger partial charge in [0.25, 0.3) is 0 Å². The number of aromatic amines is 4. The Morgan fingerprint density at radius 2 is 0.462 bits per heavy atom. The van der Waals surface area contributed by atoms with Crippen LogP contribution in [-0.2, 0) is 21.7 Å². The maximum Gasteiger partial charge on any atom is 0.0475 e. The van der Waals surface area contributed by atoms with Crippen LogP contribution >= 0.6 is 0 Å². The Balaban J connectivity index is 1.70. The summed E-state index contributed by atoms with van der Waals surface area (Å²) in [5.41, 5.74) is 10.2. The Bertz CT molecular complexity index is 1310. The molecular weight excluding hydrogens is 633 g/mol. The first-order chi connectivity index (χ1) is 25.1. The highest BCUT2D eigenvalue weighted by atomic mass is 14.9. The molecule has 5 heterocycles. The molecule has 288 valence electrons. The molecule has 0 atom stereocenters. The fourth-order valence-corrected chi connectivity index (χ4v) is 9.43. The number of nitrogens with one attached hydrogen (secondary N) is 4. The van der Waals surface area contributed by atoms with E-state index < -0.39 is 0 Å². The van der Waals surface area contributed by atoms with Crippen molar-refractivity contribution in [3.8, 4) is 0 Å². The van der Waals surface area contributed by atoms with Crippen molar-refractivity contribution in [3.05, 3.63) is 94.1 Å². The molecule has 5 rings (SSSR count). The molecule has 4 aromatic rings. The molecule has 0 unspecified atom stereocenters. The lowest BCUT2D eigenvalue weighted by molar-refractivity contribution is 0.425. The summed E-state index contributed by atoms with van der Waals surface area (Å²) in [4.78, 5) is 16.6. The van der Waals surface area contributed by atoms with E-state index in [2.05, 4.69) is 124 Å². The largest absolute Gasteiger partial charge is 0.361 e. The zero-order chi connectivity index (χ0) is 37.2. The lowest BCUT2D eigenvalue weighted by Crippen LogP contribution is -2.30. The van der Waals surface area contributed by atoms with Crippen molar-refractivity contribution >= 4 is 0 Å². The van der Waals surface area contributed by atoms with Gasteiger partial charge in [-0.15, -0.1) is 0 Å². The normalized spacial score (nSPS) is 24.5. The summed E-state index contributed by atoms with van der Waals surface area (Å²) in [5.74, 6) is 0. The van der Waals surface area contributed by atoms with Crippen LogP contribution in [0, 0.1) is 0 Å². The quantitative estimate of drug-likeness (QED) is 0.0661. The first kappa shape index (κ1) is 40.3. The minimum absolute atomic E-state index is 0.133. The third-order valence-electron chi connectivity index (χ3n) is 13.6. The van der Waals surface area contributed by atoms with Gasteiger partial charge in [-0.25, -0.2) is 0 Å². The molecule has 4 nitrogen and oxygen atoms in total. The van der Waals surface area contributed by atoms with Gasteiger partial charge in [0.05, 0.1) is 0 Å². The Morgan fingerprint density at radius 1 is 0.288 bits per heavy atom. The predicted molar refractivity (Wildman–Crippen MR) is 224 cm³/mol. The van der Waals surface area contributed by atoms with Gasteiger partial charge in [0.1, 0.15) is 0 Å². The minimum atomic E-state index is -0.133. The van der Waals surface area contributed by atoms with Crippen molar-refractivity contribution in [3.63, 3.8) is 0 Å². The molecule has 4 heteroatoms. The summed E-state index contributed by atoms with van der Waals surface area (Å²) >= 11 is 0. The van der Waals surface area contributed by atoms with E-state index in [-0.39, 0.29) is 21.7 Å². The zero-order valence-electron chi connectivity index (χ0n) is 34.8. The molecule has 4 aromatic heterocycles. The van der Waals surface area contributed by atoms with Crippen LogP contribution < -0.4 is 0 Å². The van der Waals surface area contributed by atoms with Gasteiger partial charge in [0.2, 0.25) is 0 Å². The van der Waals surface area contributed by atoms with Crippen LogP contribution in [0.3, 0.4) is 0 Å². The lowest BCUT2D eigenvalue weighted by atomic mass is 9.78. The summed E-state index contributed by atoms with van der Waals surface area (Å²) in [6.07, 6.45) is 24.8. The van der Waals surface area contributed by atoms with Gasteiger partial charge in [-0.2, -0.15) is 0 Å². The molecule has 4 N–H and O–H groups in total. The second-order valence-corrected chi connectivity index (χ2v) is 17.7. The van der Waals surface area contributed by atoms with Gasteiger partial charge in [0.15, 0.2) is 0 Å². The van der Waals surface area contributed by atoms with Crippen LogP contribution in [-0.4, -0.2) is 19.9 Å². The van der Waals surface area contributed by atoms with E-state index in [9.17, 15) is 0 Å². The maximum atomic E-state index is 4.15. The van der Waals surface area contributed by atoms with Gasteiger partial charge >= 0.3 is 0 Å². The molecule has 0 aliphatic carbocycles. The molecule has 0 fully saturated rings. The van der Waals surface area contributed by atoms with Gasteiger partial charge in [-0.3, -0.25) is 0 Å². The summed E-state index contributed by atoms with van der Waals surface area (Å²) < 4.78 is 0. The average Bonchev–Trinajstić information content (AvgIpc) is 3.98. The SMILES string of the molecule is CCCCCCC1(C)c2ccc([nH]2)C(C)(CCCCCC)c2ccc([nH]2)C(C)(CCCCCC)c2ccc([nH]2)C(C)(CCCCCC)c2ccc1[nH]2. The van der Waals surface area contributed by atoms with E-state index >= 15 is 0 Å².